The van der Waals surface area contributed by atoms with E-state index in [0.717, 1.165) is 44.0 Å². The lowest BCUT2D eigenvalue weighted by Gasteiger charge is -2.64. The summed E-state index contributed by atoms with van der Waals surface area (Å²) in [6.07, 6.45) is 5.34. The van der Waals surface area contributed by atoms with E-state index in [2.05, 4.69) is 6.92 Å². The molecule has 0 aromatic heterocycles. The molecule has 3 N–H and O–H groups in total. The van der Waals surface area contributed by atoms with Crippen molar-refractivity contribution in [1.82, 2.24) is 0 Å². The summed E-state index contributed by atoms with van der Waals surface area (Å²) in [5, 5.41) is 34.4. The molecule has 210 valence electrons. The van der Waals surface area contributed by atoms with Gasteiger partial charge in [0.1, 0.15) is 19.0 Å². The zero-order valence-electron chi connectivity index (χ0n) is 22.2. The third kappa shape index (κ3) is 3.20. The minimum atomic E-state index is -1.96. The van der Waals surface area contributed by atoms with E-state index in [1.165, 1.54) is 0 Å². The minimum Gasteiger partial charge on any atom is -0.458 e. The number of aliphatic hydroxyl groups excluding tert-OH is 1. The molecule has 9 nitrogen and oxygen atoms in total. The van der Waals surface area contributed by atoms with Crippen LogP contribution in [-0.2, 0) is 28.5 Å². The predicted molar refractivity (Wildman–Crippen MR) is 131 cm³/mol. The van der Waals surface area contributed by atoms with Crippen LogP contribution in [0.4, 0.5) is 0 Å². The van der Waals surface area contributed by atoms with Gasteiger partial charge >= 0.3 is 5.97 Å². The number of carbonyl (C=O) groups is 2. The molecule has 4 aliphatic carbocycles. The van der Waals surface area contributed by atoms with Crippen molar-refractivity contribution in [1.29, 1.82) is 0 Å². The molecule has 0 spiro atoms. The molecule has 7 aliphatic rings. The minimum absolute atomic E-state index is 0.00418. The van der Waals surface area contributed by atoms with Crippen molar-refractivity contribution in [2.45, 2.75) is 114 Å². The zero-order chi connectivity index (χ0) is 26.7. The highest BCUT2D eigenvalue weighted by Gasteiger charge is 2.70. The first kappa shape index (κ1) is 25.6. The molecule has 6 fully saturated rings. The Morgan fingerprint density at radius 1 is 1.03 bits per heavy atom. The summed E-state index contributed by atoms with van der Waals surface area (Å²) in [6.45, 7) is 4.31. The molecule has 0 aromatic rings. The number of carbonyl (C=O) groups excluding carboxylic acids is 2. The lowest BCUT2D eigenvalue weighted by Crippen LogP contribution is -2.71. The number of aliphatic hydroxyl groups is 3. The van der Waals surface area contributed by atoms with Gasteiger partial charge in [-0.05, 0) is 87.5 Å². The Balaban J connectivity index is 1.18. The fourth-order valence-corrected chi connectivity index (χ4v) is 10.2. The first-order valence-corrected chi connectivity index (χ1v) is 14.5. The molecule has 9 heteroatoms. The van der Waals surface area contributed by atoms with Gasteiger partial charge < -0.3 is 39.1 Å². The van der Waals surface area contributed by atoms with Crippen molar-refractivity contribution in [2.24, 2.45) is 34.5 Å². The Morgan fingerprint density at radius 2 is 1.84 bits per heavy atom. The summed E-state index contributed by atoms with van der Waals surface area (Å²) in [5.74, 6) is -2.11. The summed E-state index contributed by atoms with van der Waals surface area (Å²) in [4.78, 5) is 24.9. The zero-order valence-corrected chi connectivity index (χ0v) is 22.2. The van der Waals surface area contributed by atoms with Gasteiger partial charge in [-0.1, -0.05) is 6.92 Å². The van der Waals surface area contributed by atoms with Crippen molar-refractivity contribution in [3.05, 3.63) is 11.6 Å². The molecule has 3 aliphatic heterocycles. The van der Waals surface area contributed by atoms with Crippen molar-refractivity contribution in [2.75, 3.05) is 6.61 Å². The summed E-state index contributed by atoms with van der Waals surface area (Å²) in [6, 6.07) is 0. The van der Waals surface area contributed by atoms with Gasteiger partial charge in [0.25, 0.3) is 0 Å². The summed E-state index contributed by atoms with van der Waals surface area (Å²) < 4.78 is 23.5. The molecule has 1 unspecified atom stereocenters. The van der Waals surface area contributed by atoms with E-state index in [-0.39, 0.29) is 53.7 Å². The molecule has 3 heterocycles. The smallest absolute Gasteiger partial charge is 0.331 e. The second-order valence-corrected chi connectivity index (χ2v) is 13.6. The Bertz CT molecular complexity index is 1060. The number of aldehydes is 1. The van der Waals surface area contributed by atoms with Crippen LogP contribution in [0.15, 0.2) is 11.6 Å². The van der Waals surface area contributed by atoms with Crippen LogP contribution in [0.2, 0.25) is 0 Å². The number of esters is 1. The standard InChI is InChI=1S/C29H40O9/c1-15-9-23(31)29(34)25(36-15)37-21-11-17-3-4-20-19(27(17,14-30)12-22(21)38-29)5-7-26(2)18(6-8-28(20,26)33)16-10-24(32)35-13-16/h10,14-15,17-23,25,31,33-34H,3-9,11-13H2,1-2H3/t15-,17+,18-,19+,20?,21-,22-,23+,25+,26-,27-,28-,29+/m1/s1. The summed E-state index contributed by atoms with van der Waals surface area (Å²) >= 11 is 0. The molecule has 0 amide bonds. The summed E-state index contributed by atoms with van der Waals surface area (Å²) in [7, 11) is 0. The molecule has 0 aromatic carbocycles. The maximum atomic E-state index is 13.1. The molecule has 13 atom stereocenters. The van der Waals surface area contributed by atoms with E-state index in [9.17, 15) is 24.9 Å². The topological polar surface area (TPSA) is 132 Å². The lowest BCUT2D eigenvalue weighted by molar-refractivity contribution is -0.457. The Hall–Kier alpha value is -1.36. The van der Waals surface area contributed by atoms with Gasteiger partial charge in [-0.25, -0.2) is 4.79 Å². The van der Waals surface area contributed by atoms with Gasteiger partial charge in [-0.3, -0.25) is 0 Å². The maximum Gasteiger partial charge on any atom is 0.331 e. The van der Waals surface area contributed by atoms with Crippen LogP contribution in [0.1, 0.15) is 71.6 Å². The van der Waals surface area contributed by atoms with E-state index in [1.54, 1.807) is 6.08 Å². The molecule has 4 saturated carbocycles. The molecule has 38 heavy (non-hydrogen) atoms. The molecular weight excluding hydrogens is 492 g/mol. The van der Waals surface area contributed by atoms with Crippen LogP contribution in [0.3, 0.4) is 0 Å². The molecule has 7 rings (SSSR count). The molecule has 0 bridgehead atoms. The van der Waals surface area contributed by atoms with Gasteiger partial charge in [-0.2, -0.15) is 0 Å². The summed E-state index contributed by atoms with van der Waals surface area (Å²) in [5.41, 5.74) is -1.01. The molecule has 2 saturated heterocycles. The van der Waals surface area contributed by atoms with E-state index in [4.69, 9.17) is 18.9 Å². The van der Waals surface area contributed by atoms with Gasteiger partial charge in [-0.15, -0.1) is 0 Å². The number of hydrogen-bond acceptors (Lipinski definition) is 9. The lowest BCUT2D eigenvalue weighted by atomic mass is 9.42. The van der Waals surface area contributed by atoms with E-state index in [0.29, 0.717) is 25.9 Å². The second kappa shape index (κ2) is 8.33. The van der Waals surface area contributed by atoms with Gasteiger partial charge in [0.15, 0.2) is 0 Å². The SMILES string of the molecule is C[C@@H]1C[C@H](O)[C@]2(O)O[C@@H]3C[C@@]4(C=O)[C@@H](CCC5[C@@H]4CC[C@]4(C)[C@@H](C6=CC(=O)OC6)CC[C@@]54O)C[C@H]3O[C@@H]2O1. The molecular formula is C29H40O9. The number of fused-ring (bicyclic) bond motifs is 7. The quantitative estimate of drug-likeness (QED) is 0.278. The normalized spacial score (nSPS) is 57.4. The Morgan fingerprint density at radius 3 is 2.58 bits per heavy atom. The van der Waals surface area contributed by atoms with Crippen molar-refractivity contribution < 1.29 is 43.9 Å². The van der Waals surface area contributed by atoms with Gasteiger partial charge in [0.2, 0.25) is 12.1 Å². The third-order valence-corrected chi connectivity index (χ3v) is 12.1. The van der Waals surface area contributed by atoms with Crippen LogP contribution in [0.25, 0.3) is 0 Å². The first-order chi connectivity index (χ1) is 18.0. The first-order valence-electron chi connectivity index (χ1n) is 14.5. The van der Waals surface area contributed by atoms with Crippen LogP contribution < -0.4 is 0 Å². The average molecular weight is 533 g/mol. The Kier molecular flexibility index (Phi) is 5.61. The van der Waals surface area contributed by atoms with Crippen molar-refractivity contribution >= 4 is 12.3 Å². The molecule has 0 radical (unpaired) electrons. The fraction of sp³-hybridized carbons (Fsp3) is 0.862. The van der Waals surface area contributed by atoms with E-state index < -0.39 is 35.3 Å². The number of ether oxygens (including phenoxy) is 4. The second-order valence-electron chi connectivity index (χ2n) is 13.6. The number of hydrogen-bond donors (Lipinski definition) is 3. The van der Waals surface area contributed by atoms with E-state index in [1.807, 2.05) is 6.92 Å². The third-order valence-electron chi connectivity index (χ3n) is 12.1. The van der Waals surface area contributed by atoms with Gasteiger partial charge in [0, 0.05) is 23.3 Å². The maximum absolute atomic E-state index is 13.1. The average Bonchev–Trinajstić information content (AvgIpc) is 3.42. The van der Waals surface area contributed by atoms with E-state index >= 15 is 0 Å². The number of cyclic esters (lactones) is 1. The van der Waals surface area contributed by atoms with Crippen molar-refractivity contribution in [3.63, 3.8) is 0 Å². The monoisotopic (exact) mass is 532 g/mol. The van der Waals surface area contributed by atoms with Crippen LogP contribution in [0.5, 0.6) is 0 Å². The van der Waals surface area contributed by atoms with Gasteiger partial charge in [0.05, 0.1) is 23.9 Å². The Labute approximate surface area is 222 Å². The van der Waals surface area contributed by atoms with Crippen LogP contribution in [-0.4, -0.2) is 76.3 Å². The fourth-order valence-electron chi connectivity index (χ4n) is 10.2. The van der Waals surface area contributed by atoms with Crippen LogP contribution >= 0.6 is 0 Å². The predicted octanol–water partition coefficient (Wildman–Crippen LogP) is 2.00. The highest BCUT2D eigenvalue weighted by molar-refractivity contribution is 5.85. The number of rotatable bonds is 2. The highest BCUT2D eigenvalue weighted by Crippen LogP contribution is 2.70. The van der Waals surface area contributed by atoms with Crippen molar-refractivity contribution in [3.8, 4) is 0 Å². The van der Waals surface area contributed by atoms with Crippen LogP contribution in [0, 0.1) is 34.5 Å². The highest BCUT2D eigenvalue weighted by atomic mass is 16.8. The largest absolute Gasteiger partial charge is 0.458 e.